The van der Waals surface area contributed by atoms with Gasteiger partial charge in [0.25, 0.3) is 5.91 Å². The lowest BCUT2D eigenvalue weighted by molar-refractivity contribution is -0.144. The summed E-state index contributed by atoms with van der Waals surface area (Å²) in [5, 5.41) is 16.1. The van der Waals surface area contributed by atoms with Crippen LogP contribution in [0.5, 0.6) is 0 Å². The highest BCUT2D eigenvalue weighted by Gasteiger charge is 2.36. The Balaban J connectivity index is 1.81. The molecule has 1 aliphatic heterocycles. The van der Waals surface area contributed by atoms with Gasteiger partial charge in [-0.05, 0) is 18.6 Å². The number of rotatable bonds is 3. The molecule has 0 bridgehead atoms. The number of carboxylic acid groups (broad SMARTS) is 1. The van der Waals surface area contributed by atoms with Gasteiger partial charge in [-0.3, -0.25) is 9.89 Å². The van der Waals surface area contributed by atoms with Crippen LogP contribution in [0.3, 0.4) is 0 Å². The van der Waals surface area contributed by atoms with Crippen LogP contribution in [0.25, 0.3) is 10.9 Å². The Kier molecular flexibility index (Phi) is 3.32. The molecule has 2 atom stereocenters. The van der Waals surface area contributed by atoms with Gasteiger partial charge in [-0.1, -0.05) is 6.07 Å². The number of fused-ring (bicyclic) bond motifs is 1. The number of nitrogens with one attached hydrogen (secondary N) is 1. The minimum Gasteiger partial charge on any atom is -0.479 e. The monoisotopic (exact) mass is 291 g/mol. The minimum absolute atomic E-state index is 0.126. The number of benzene rings is 1. The summed E-state index contributed by atoms with van der Waals surface area (Å²) in [7, 11) is 0. The van der Waals surface area contributed by atoms with Crippen LogP contribution in [0.15, 0.2) is 24.4 Å². The number of H-pyrrole nitrogens is 1. The van der Waals surface area contributed by atoms with Gasteiger partial charge in [-0.25, -0.2) is 9.18 Å². The number of amides is 1. The van der Waals surface area contributed by atoms with Gasteiger partial charge in [0.2, 0.25) is 6.17 Å². The zero-order valence-electron chi connectivity index (χ0n) is 11.1. The molecule has 1 fully saturated rings. The first kappa shape index (κ1) is 13.5. The van der Waals surface area contributed by atoms with Crippen molar-refractivity contribution in [1.82, 2.24) is 15.1 Å². The Morgan fingerprint density at radius 3 is 3.05 bits per heavy atom. The molecule has 1 aromatic heterocycles. The number of aliphatic carboxylic acids is 1. The number of carbonyl (C=O) groups excluding carboxylic acids is 1. The second-order valence-corrected chi connectivity index (χ2v) is 5.18. The molecule has 0 saturated carbocycles. The molecule has 1 aromatic carbocycles. The van der Waals surface area contributed by atoms with Crippen molar-refractivity contribution < 1.29 is 19.1 Å². The van der Waals surface area contributed by atoms with E-state index in [-0.39, 0.29) is 12.5 Å². The van der Waals surface area contributed by atoms with Crippen LogP contribution in [0.4, 0.5) is 4.39 Å². The van der Waals surface area contributed by atoms with E-state index in [2.05, 4.69) is 10.2 Å². The Hall–Kier alpha value is -2.44. The summed E-state index contributed by atoms with van der Waals surface area (Å²) in [4.78, 5) is 24.7. The standard InChI is InChI=1S/C14H14FN3O3/c15-12(14(20)21)8-4-5-18(7-8)13(19)9-2-1-3-11-10(9)6-16-17-11/h1-3,6,8,12H,4-5,7H2,(H,16,17)(H,20,21). The van der Waals surface area contributed by atoms with Crippen molar-refractivity contribution in [3.63, 3.8) is 0 Å². The average molecular weight is 291 g/mol. The van der Waals surface area contributed by atoms with E-state index >= 15 is 0 Å². The molecule has 2 heterocycles. The van der Waals surface area contributed by atoms with E-state index in [1.807, 2.05) is 6.07 Å². The Morgan fingerprint density at radius 1 is 1.48 bits per heavy atom. The molecule has 3 rings (SSSR count). The molecule has 2 N–H and O–H groups in total. The fourth-order valence-corrected chi connectivity index (χ4v) is 2.74. The van der Waals surface area contributed by atoms with Crippen molar-refractivity contribution in [3.05, 3.63) is 30.0 Å². The number of aromatic nitrogens is 2. The zero-order valence-corrected chi connectivity index (χ0v) is 11.1. The lowest BCUT2D eigenvalue weighted by atomic mass is 10.0. The number of aromatic amines is 1. The topological polar surface area (TPSA) is 86.3 Å². The van der Waals surface area contributed by atoms with E-state index in [1.165, 1.54) is 4.90 Å². The van der Waals surface area contributed by atoms with Gasteiger partial charge in [0.05, 0.1) is 17.3 Å². The highest BCUT2D eigenvalue weighted by molar-refractivity contribution is 6.06. The smallest absolute Gasteiger partial charge is 0.338 e. The predicted octanol–water partition coefficient (Wildman–Crippen LogP) is 1.45. The van der Waals surface area contributed by atoms with Gasteiger partial charge >= 0.3 is 5.97 Å². The van der Waals surface area contributed by atoms with E-state index in [0.717, 1.165) is 5.52 Å². The van der Waals surface area contributed by atoms with Crippen LogP contribution in [0.2, 0.25) is 0 Å². The Morgan fingerprint density at radius 2 is 2.29 bits per heavy atom. The van der Waals surface area contributed by atoms with Crippen molar-refractivity contribution >= 4 is 22.8 Å². The molecule has 1 amide bonds. The highest BCUT2D eigenvalue weighted by Crippen LogP contribution is 2.25. The average Bonchev–Trinajstić information content (AvgIpc) is 3.13. The van der Waals surface area contributed by atoms with Crippen molar-refractivity contribution in [2.75, 3.05) is 13.1 Å². The normalized spacial score (nSPS) is 19.9. The van der Waals surface area contributed by atoms with E-state index in [1.54, 1.807) is 18.3 Å². The summed E-state index contributed by atoms with van der Waals surface area (Å²) in [5.41, 5.74) is 1.25. The summed E-state index contributed by atoms with van der Waals surface area (Å²) in [6.07, 6.45) is 0.0128. The van der Waals surface area contributed by atoms with Crippen molar-refractivity contribution in [2.45, 2.75) is 12.6 Å². The number of likely N-dealkylation sites (tertiary alicyclic amines) is 1. The van der Waals surface area contributed by atoms with Crippen molar-refractivity contribution in [1.29, 1.82) is 0 Å². The van der Waals surface area contributed by atoms with Crippen molar-refractivity contribution in [2.24, 2.45) is 5.92 Å². The second kappa shape index (κ2) is 5.16. The van der Waals surface area contributed by atoms with Crippen molar-refractivity contribution in [3.8, 4) is 0 Å². The summed E-state index contributed by atoms with van der Waals surface area (Å²) >= 11 is 0. The van der Waals surface area contributed by atoms with Gasteiger partial charge in [0.1, 0.15) is 0 Å². The SMILES string of the molecule is O=C(O)C(F)C1CCN(C(=O)c2cccc3[nH]ncc23)C1. The molecular weight excluding hydrogens is 277 g/mol. The van der Waals surface area contributed by atoms with E-state index < -0.39 is 18.1 Å². The van der Waals surface area contributed by atoms with E-state index in [9.17, 15) is 14.0 Å². The maximum Gasteiger partial charge on any atom is 0.338 e. The van der Waals surface area contributed by atoms with Gasteiger partial charge < -0.3 is 10.0 Å². The van der Waals surface area contributed by atoms with E-state index in [0.29, 0.717) is 23.9 Å². The quantitative estimate of drug-likeness (QED) is 0.896. The second-order valence-electron chi connectivity index (χ2n) is 5.18. The summed E-state index contributed by atoms with van der Waals surface area (Å²) < 4.78 is 13.5. The van der Waals surface area contributed by atoms with Gasteiger partial charge in [0, 0.05) is 24.4 Å². The van der Waals surface area contributed by atoms with Crippen LogP contribution in [-0.2, 0) is 4.79 Å². The van der Waals surface area contributed by atoms with Gasteiger partial charge in [-0.2, -0.15) is 5.10 Å². The number of hydrogen-bond acceptors (Lipinski definition) is 3. The fourth-order valence-electron chi connectivity index (χ4n) is 2.74. The molecule has 0 radical (unpaired) electrons. The maximum absolute atomic E-state index is 13.5. The first-order valence-electron chi connectivity index (χ1n) is 6.66. The number of carbonyl (C=O) groups is 2. The summed E-state index contributed by atoms with van der Waals surface area (Å²) in [6.45, 7) is 0.492. The van der Waals surface area contributed by atoms with Crippen LogP contribution >= 0.6 is 0 Å². The molecule has 2 unspecified atom stereocenters. The van der Waals surface area contributed by atoms with Crippen LogP contribution in [0.1, 0.15) is 16.8 Å². The third kappa shape index (κ3) is 2.35. The largest absolute Gasteiger partial charge is 0.479 e. The summed E-state index contributed by atoms with van der Waals surface area (Å²) in [6, 6.07) is 5.25. The first-order valence-corrected chi connectivity index (χ1v) is 6.66. The maximum atomic E-state index is 13.5. The molecule has 21 heavy (non-hydrogen) atoms. The Bertz CT molecular complexity index is 700. The number of nitrogens with zero attached hydrogens (tertiary/aromatic N) is 2. The van der Waals surface area contributed by atoms with Crippen LogP contribution in [0, 0.1) is 5.92 Å². The van der Waals surface area contributed by atoms with Crippen LogP contribution in [-0.4, -0.2) is 51.3 Å². The van der Waals surface area contributed by atoms with E-state index in [4.69, 9.17) is 5.11 Å². The number of carboxylic acids is 1. The molecule has 0 spiro atoms. The molecule has 110 valence electrons. The Labute approximate surface area is 119 Å². The summed E-state index contributed by atoms with van der Waals surface area (Å²) in [5.74, 6) is -2.33. The molecule has 0 aliphatic carbocycles. The number of halogens is 1. The highest BCUT2D eigenvalue weighted by atomic mass is 19.1. The lowest BCUT2D eigenvalue weighted by Crippen LogP contribution is -2.32. The zero-order chi connectivity index (χ0) is 15.0. The lowest BCUT2D eigenvalue weighted by Gasteiger charge is -2.17. The molecular formula is C14H14FN3O3. The molecule has 7 heteroatoms. The molecule has 2 aromatic rings. The van der Waals surface area contributed by atoms with Gasteiger partial charge in [0.15, 0.2) is 0 Å². The third-order valence-electron chi connectivity index (χ3n) is 3.88. The molecule has 6 nitrogen and oxygen atoms in total. The minimum atomic E-state index is -1.92. The number of alkyl halides is 1. The molecule has 1 saturated heterocycles. The third-order valence-corrected chi connectivity index (χ3v) is 3.88. The number of hydrogen-bond donors (Lipinski definition) is 2. The van der Waals surface area contributed by atoms with Gasteiger partial charge in [-0.15, -0.1) is 0 Å². The molecule has 1 aliphatic rings. The fraction of sp³-hybridized carbons (Fsp3) is 0.357. The first-order chi connectivity index (χ1) is 10.1. The van der Waals surface area contributed by atoms with Crippen LogP contribution < -0.4 is 0 Å². The predicted molar refractivity (Wildman–Crippen MR) is 72.6 cm³/mol.